The van der Waals surface area contributed by atoms with E-state index in [2.05, 4.69) is 0 Å². The number of ether oxygens (including phenoxy) is 2. The highest BCUT2D eigenvalue weighted by Gasteiger charge is 2.09. The summed E-state index contributed by atoms with van der Waals surface area (Å²) in [5, 5.41) is 17.3. The van der Waals surface area contributed by atoms with Crippen LogP contribution in [0.2, 0.25) is 10.0 Å². The minimum absolute atomic E-state index is 0.126. The van der Waals surface area contributed by atoms with Crippen LogP contribution in [0.15, 0.2) is 12.1 Å². The largest absolute Gasteiger partial charge is 0.477 e. The zero-order valence-corrected chi connectivity index (χ0v) is 9.55. The van der Waals surface area contributed by atoms with E-state index in [0.717, 1.165) is 0 Å². The first kappa shape index (κ1) is 12.4. The van der Waals surface area contributed by atoms with E-state index in [4.69, 9.17) is 43.2 Å². The van der Waals surface area contributed by atoms with Crippen molar-refractivity contribution in [1.82, 2.24) is 0 Å². The van der Waals surface area contributed by atoms with Crippen LogP contribution in [0, 0.1) is 22.7 Å². The Balaban J connectivity index is 2.93. The molecule has 0 saturated heterocycles. The molecule has 0 bridgehead atoms. The summed E-state index contributed by atoms with van der Waals surface area (Å²) in [5.74, 6) is 0.584. The Labute approximate surface area is 103 Å². The van der Waals surface area contributed by atoms with Crippen molar-refractivity contribution in [2.75, 3.05) is 13.2 Å². The van der Waals surface area contributed by atoms with Crippen LogP contribution in [0.25, 0.3) is 0 Å². The predicted molar refractivity (Wildman–Crippen MR) is 58.7 cm³/mol. The van der Waals surface area contributed by atoms with Crippen molar-refractivity contribution in [3.8, 4) is 23.6 Å². The van der Waals surface area contributed by atoms with Crippen molar-refractivity contribution in [2.24, 2.45) is 0 Å². The molecule has 0 heterocycles. The summed E-state index contributed by atoms with van der Waals surface area (Å²) in [6, 6.07) is 6.50. The van der Waals surface area contributed by atoms with E-state index in [1.54, 1.807) is 0 Å². The monoisotopic (exact) mass is 256 g/mol. The van der Waals surface area contributed by atoms with Gasteiger partial charge in [-0.15, -0.1) is 0 Å². The molecule has 0 radical (unpaired) electrons. The summed E-state index contributed by atoms with van der Waals surface area (Å²) in [5.41, 5.74) is 0. The zero-order chi connectivity index (χ0) is 12.0. The Kier molecular flexibility index (Phi) is 4.72. The normalized spacial score (nSPS) is 9.00. The van der Waals surface area contributed by atoms with Crippen molar-refractivity contribution < 1.29 is 9.47 Å². The van der Waals surface area contributed by atoms with Gasteiger partial charge in [0, 0.05) is 6.07 Å². The highest BCUT2D eigenvalue weighted by Crippen LogP contribution is 2.35. The van der Waals surface area contributed by atoms with Gasteiger partial charge < -0.3 is 9.47 Å². The first-order chi connectivity index (χ1) is 7.69. The lowest BCUT2D eigenvalue weighted by Gasteiger charge is -2.09. The average Bonchev–Trinajstić information content (AvgIpc) is 2.26. The van der Waals surface area contributed by atoms with Crippen molar-refractivity contribution in [1.29, 1.82) is 10.5 Å². The van der Waals surface area contributed by atoms with Crippen molar-refractivity contribution in [3.63, 3.8) is 0 Å². The van der Waals surface area contributed by atoms with Gasteiger partial charge in [-0.25, -0.2) is 0 Å². The summed E-state index contributed by atoms with van der Waals surface area (Å²) in [4.78, 5) is 0. The molecule has 4 nitrogen and oxygen atoms in total. The SMILES string of the molecule is N#CCOc1cc(OCC#N)c(Cl)cc1Cl. The average molecular weight is 257 g/mol. The van der Waals surface area contributed by atoms with Gasteiger partial charge in [-0.2, -0.15) is 10.5 Å². The fourth-order valence-electron chi connectivity index (χ4n) is 0.952. The van der Waals surface area contributed by atoms with Gasteiger partial charge in [0.1, 0.15) is 23.6 Å². The molecule has 0 amide bonds. The molecule has 6 heteroatoms. The molecule has 0 aliphatic carbocycles. The van der Waals surface area contributed by atoms with Crippen LogP contribution in [0.1, 0.15) is 0 Å². The van der Waals surface area contributed by atoms with Crippen LogP contribution in [0.5, 0.6) is 11.5 Å². The van der Waals surface area contributed by atoms with Gasteiger partial charge in [0.15, 0.2) is 13.2 Å². The lowest BCUT2D eigenvalue weighted by atomic mass is 10.3. The van der Waals surface area contributed by atoms with Gasteiger partial charge in [0.2, 0.25) is 0 Å². The van der Waals surface area contributed by atoms with Gasteiger partial charge in [0.25, 0.3) is 0 Å². The molecule has 0 aromatic heterocycles. The maximum absolute atomic E-state index is 8.37. The standard InChI is InChI=1S/C10H6Cl2N2O2/c11-7-5-8(12)10(16-4-2-14)6-9(7)15-3-1-13/h5-6H,3-4H2. The molecule has 16 heavy (non-hydrogen) atoms. The molecule has 0 spiro atoms. The summed E-state index contributed by atoms with van der Waals surface area (Å²) < 4.78 is 10.1. The molecular weight excluding hydrogens is 251 g/mol. The molecule has 1 rings (SSSR count). The minimum atomic E-state index is -0.126. The third-order valence-corrected chi connectivity index (χ3v) is 2.16. The van der Waals surface area contributed by atoms with Crippen molar-refractivity contribution in [2.45, 2.75) is 0 Å². The van der Waals surface area contributed by atoms with Crippen LogP contribution in [0.3, 0.4) is 0 Å². The quantitative estimate of drug-likeness (QED) is 0.831. The number of halogens is 2. The molecular formula is C10H6Cl2N2O2. The van der Waals surface area contributed by atoms with E-state index in [0.29, 0.717) is 11.5 Å². The highest BCUT2D eigenvalue weighted by atomic mass is 35.5. The molecule has 0 aliphatic rings. The number of benzene rings is 1. The maximum Gasteiger partial charge on any atom is 0.174 e. The first-order valence-corrected chi connectivity index (χ1v) is 4.93. The van der Waals surface area contributed by atoms with Crippen molar-refractivity contribution in [3.05, 3.63) is 22.2 Å². The van der Waals surface area contributed by atoms with Gasteiger partial charge >= 0.3 is 0 Å². The topological polar surface area (TPSA) is 66.0 Å². The van der Waals surface area contributed by atoms with Gasteiger partial charge in [-0.1, -0.05) is 23.2 Å². The summed E-state index contributed by atoms with van der Waals surface area (Å²) >= 11 is 11.7. The van der Waals surface area contributed by atoms with E-state index < -0.39 is 0 Å². The molecule has 0 atom stereocenters. The van der Waals surface area contributed by atoms with Crippen LogP contribution >= 0.6 is 23.2 Å². The van der Waals surface area contributed by atoms with E-state index in [1.807, 2.05) is 12.1 Å². The molecule has 1 aromatic rings. The van der Waals surface area contributed by atoms with Gasteiger partial charge in [0.05, 0.1) is 10.0 Å². The third kappa shape index (κ3) is 3.20. The molecule has 82 valence electrons. The number of hydrogen-bond donors (Lipinski definition) is 0. The fourth-order valence-corrected chi connectivity index (χ4v) is 1.44. The summed E-state index contributed by atoms with van der Waals surface area (Å²) in [7, 11) is 0. The smallest absolute Gasteiger partial charge is 0.174 e. The fraction of sp³-hybridized carbons (Fsp3) is 0.200. The predicted octanol–water partition coefficient (Wildman–Crippen LogP) is 2.80. The van der Waals surface area contributed by atoms with E-state index in [9.17, 15) is 0 Å². The van der Waals surface area contributed by atoms with Gasteiger partial charge in [-0.3, -0.25) is 0 Å². The molecule has 0 saturated carbocycles. The summed E-state index contributed by atoms with van der Waals surface area (Å²) in [6.45, 7) is -0.252. The minimum Gasteiger partial charge on any atom is -0.477 e. The Morgan fingerprint density at radius 3 is 1.75 bits per heavy atom. The second-order valence-corrected chi connectivity index (χ2v) is 3.42. The number of hydrogen-bond acceptors (Lipinski definition) is 4. The van der Waals surface area contributed by atoms with Crippen LogP contribution in [-0.2, 0) is 0 Å². The number of rotatable bonds is 4. The first-order valence-electron chi connectivity index (χ1n) is 4.17. The lowest BCUT2D eigenvalue weighted by molar-refractivity contribution is 0.350. The number of nitriles is 2. The zero-order valence-electron chi connectivity index (χ0n) is 8.04. The van der Waals surface area contributed by atoms with E-state index in [1.165, 1.54) is 12.1 Å². The maximum atomic E-state index is 8.37. The van der Waals surface area contributed by atoms with Crippen LogP contribution < -0.4 is 9.47 Å². The molecule has 0 aliphatic heterocycles. The Hall–Kier alpha value is -1.62. The Morgan fingerprint density at radius 2 is 1.38 bits per heavy atom. The molecule has 0 N–H and O–H groups in total. The summed E-state index contributed by atoms with van der Waals surface area (Å²) in [6.07, 6.45) is 0. The Morgan fingerprint density at radius 1 is 0.938 bits per heavy atom. The lowest BCUT2D eigenvalue weighted by Crippen LogP contribution is -1.98. The van der Waals surface area contributed by atoms with Crippen LogP contribution in [0.4, 0.5) is 0 Å². The Bertz CT molecular complexity index is 424. The molecule has 1 aromatic carbocycles. The second-order valence-electron chi connectivity index (χ2n) is 2.61. The molecule has 0 unspecified atom stereocenters. The van der Waals surface area contributed by atoms with E-state index >= 15 is 0 Å². The molecule has 0 fully saturated rings. The third-order valence-electron chi connectivity index (χ3n) is 1.57. The number of nitrogens with zero attached hydrogens (tertiary/aromatic N) is 2. The second kappa shape index (κ2) is 6.07. The highest BCUT2D eigenvalue weighted by molar-refractivity contribution is 6.36. The van der Waals surface area contributed by atoms with Gasteiger partial charge in [-0.05, 0) is 6.07 Å². The van der Waals surface area contributed by atoms with E-state index in [-0.39, 0.29) is 23.3 Å². The van der Waals surface area contributed by atoms with Crippen LogP contribution in [-0.4, -0.2) is 13.2 Å². The van der Waals surface area contributed by atoms with Crippen molar-refractivity contribution >= 4 is 23.2 Å².